The molecule has 3 aromatic carbocycles. The van der Waals surface area contributed by atoms with Crippen molar-refractivity contribution in [1.29, 1.82) is 0 Å². The monoisotopic (exact) mass is 489 g/mol. The van der Waals surface area contributed by atoms with E-state index in [1.807, 2.05) is 23.6 Å². The lowest BCUT2D eigenvalue weighted by Gasteiger charge is -2.12. The molecule has 1 N–H and O–H groups in total. The zero-order valence-corrected chi connectivity index (χ0v) is 19.1. The van der Waals surface area contributed by atoms with E-state index in [-0.39, 0.29) is 17.8 Å². The summed E-state index contributed by atoms with van der Waals surface area (Å²) in [6.45, 7) is 0.216. The molecule has 0 spiro atoms. The van der Waals surface area contributed by atoms with Crippen molar-refractivity contribution in [2.45, 2.75) is 6.54 Å². The molecule has 0 radical (unpaired) electrons. The summed E-state index contributed by atoms with van der Waals surface area (Å²) in [4.78, 5) is 33.3. The van der Waals surface area contributed by atoms with Crippen molar-refractivity contribution in [3.05, 3.63) is 109 Å². The first-order valence-electron chi connectivity index (χ1n) is 10.2. The van der Waals surface area contributed by atoms with Crippen molar-refractivity contribution in [2.75, 3.05) is 5.32 Å². The Morgan fingerprint density at radius 1 is 1.00 bits per heavy atom. The minimum atomic E-state index is -0.451. The molecule has 5 rings (SSSR count). The molecule has 0 bridgehead atoms. The fourth-order valence-corrected chi connectivity index (χ4v) is 4.47. The summed E-state index contributed by atoms with van der Waals surface area (Å²) >= 11 is 7.34. The van der Waals surface area contributed by atoms with Gasteiger partial charge in [0, 0.05) is 33.8 Å². The maximum atomic E-state index is 13.4. The van der Waals surface area contributed by atoms with Crippen LogP contribution in [0.5, 0.6) is 0 Å². The van der Waals surface area contributed by atoms with Crippen molar-refractivity contribution in [3.8, 4) is 16.4 Å². The maximum Gasteiger partial charge on any atom is 0.269 e. The number of fused-ring (bicyclic) bond motifs is 1. The number of non-ortho nitro benzene ring substituents is 1. The molecule has 5 aromatic rings. The third-order valence-electron chi connectivity index (χ3n) is 5.20. The topological polar surface area (TPSA) is 103 Å². The number of hydrogen-bond donors (Lipinski definition) is 1. The summed E-state index contributed by atoms with van der Waals surface area (Å²) < 4.78 is 1.50. The van der Waals surface area contributed by atoms with Gasteiger partial charge in [-0.05, 0) is 36.4 Å². The molecule has 2 aromatic heterocycles. The molecule has 0 fully saturated rings. The van der Waals surface area contributed by atoms with Gasteiger partial charge >= 0.3 is 0 Å². The van der Waals surface area contributed by atoms with Crippen molar-refractivity contribution in [2.24, 2.45) is 0 Å². The van der Waals surface area contributed by atoms with Gasteiger partial charge in [0.25, 0.3) is 11.2 Å². The quantitative estimate of drug-likeness (QED) is 0.243. The van der Waals surface area contributed by atoms with Crippen molar-refractivity contribution >= 4 is 45.2 Å². The standard InChI is InChI=1S/C24H16ClN5O3S/c25-16-7-5-15(6-8-16)21-14-34-24(28-21)29-22(27-20-4-2-1-3-19(20)23(29)31)13-26-17-9-11-18(12-10-17)30(32)33/h1-12,14,26H,13H2. The van der Waals surface area contributed by atoms with Crippen molar-refractivity contribution < 1.29 is 4.92 Å². The Labute approximate surface area is 202 Å². The van der Waals surface area contributed by atoms with E-state index < -0.39 is 4.92 Å². The minimum absolute atomic E-state index is 0.00352. The van der Waals surface area contributed by atoms with Gasteiger partial charge in [-0.1, -0.05) is 35.9 Å². The zero-order valence-electron chi connectivity index (χ0n) is 17.5. The second-order valence-electron chi connectivity index (χ2n) is 7.37. The Kier molecular flexibility index (Phi) is 5.79. The lowest BCUT2D eigenvalue weighted by Crippen LogP contribution is -2.25. The first-order chi connectivity index (χ1) is 16.5. The van der Waals surface area contributed by atoms with E-state index in [0.29, 0.717) is 32.6 Å². The molecular formula is C24H16ClN5O3S. The van der Waals surface area contributed by atoms with E-state index >= 15 is 0 Å². The summed E-state index contributed by atoms with van der Waals surface area (Å²) in [6, 6.07) is 20.6. The smallest absolute Gasteiger partial charge is 0.269 e. The SMILES string of the molecule is O=c1c2ccccc2nc(CNc2ccc([N+](=O)[O-])cc2)n1-c1nc(-c2ccc(Cl)cc2)cs1. The fourth-order valence-electron chi connectivity index (χ4n) is 3.50. The largest absolute Gasteiger partial charge is 0.378 e. The first-order valence-corrected chi connectivity index (χ1v) is 11.5. The van der Waals surface area contributed by atoms with E-state index in [0.717, 1.165) is 11.3 Å². The van der Waals surface area contributed by atoms with Crippen molar-refractivity contribution in [1.82, 2.24) is 14.5 Å². The Morgan fingerprint density at radius 3 is 2.47 bits per heavy atom. The molecule has 2 heterocycles. The summed E-state index contributed by atoms with van der Waals surface area (Å²) in [7, 11) is 0. The molecule has 0 saturated heterocycles. The number of halogens is 1. The van der Waals surface area contributed by atoms with Crippen LogP contribution < -0.4 is 10.9 Å². The summed E-state index contributed by atoms with van der Waals surface area (Å²) in [5, 5.41) is 17.6. The molecule has 168 valence electrons. The highest BCUT2D eigenvalue weighted by Gasteiger charge is 2.16. The van der Waals surface area contributed by atoms with Crippen LogP contribution in [0.4, 0.5) is 11.4 Å². The molecule has 0 saturated carbocycles. The third kappa shape index (κ3) is 4.26. The second kappa shape index (κ2) is 9.05. The number of benzene rings is 3. The number of thiazole rings is 1. The highest BCUT2D eigenvalue weighted by Crippen LogP contribution is 2.26. The molecule has 0 amide bonds. The zero-order chi connectivity index (χ0) is 23.7. The van der Waals surface area contributed by atoms with Crippen LogP contribution in [0.2, 0.25) is 5.02 Å². The molecule has 0 aliphatic heterocycles. The van der Waals surface area contributed by atoms with E-state index in [4.69, 9.17) is 21.6 Å². The number of para-hydroxylation sites is 1. The lowest BCUT2D eigenvalue weighted by molar-refractivity contribution is -0.384. The molecule has 0 unspecified atom stereocenters. The average molecular weight is 490 g/mol. The van der Waals surface area contributed by atoms with Gasteiger partial charge in [-0.3, -0.25) is 14.9 Å². The van der Waals surface area contributed by atoms with Crippen molar-refractivity contribution in [3.63, 3.8) is 0 Å². The minimum Gasteiger partial charge on any atom is -0.378 e. The van der Waals surface area contributed by atoms with Gasteiger partial charge in [0.05, 0.1) is 28.1 Å². The van der Waals surface area contributed by atoms with Crippen LogP contribution in [0, 0.1) is 10.1 Å². The number of nitro benzene ring substituents is 1. The Hall–Kier alpha value is -4.08. The third-order valence-corrected chi connectivity index (χ3v) is 6.28. The van der Waals surface area contributed by atoms with Crippen LogP contribution in [0.1, 0.15) is 5.82 Å². The van der Waals surface area contributed by atoms with Crippen LogP contribution in [-0.4, -0.2) is 19.5 Å². The van der Waals surface area contributed by atoms with Crippen LogP contribution in [0.3, 0.4) is 0 Å². The number of nitrogens with one attached hydrogen (secondary N) is 1. The highest BCUT2D eigenvalue weighted by molar-refractivity contribution is 7.12. The van der Waals surface area contributed by atoms with E-state index in [2.05, 4.69) is 5.32 Å². The van der Waals surface area contributed by atoms with E-state index in [9.17, 15) is 14.9 Å². The number of anilines is 1. The lowest BCUT2D eigenvalue weighted by atomic mass is 10.2. The molecule has 0 aliphatic carbocycles. The Bertz CT molecular complexity index is 1560. The van der Waals surface area contributed by atoms with Crippen LogP contribution >= 0.6 is 22.9 Å². The Balaban J connectivity index is 1.54. The van der Waals surface area contributed by atoms with Crippen LogP contribution in [-0.2, 0) is 6.54 Å². The number of nitro groups is 1. The summed E-state index contributed by atoms with van der Waals surface area (Å²) in [6.07, 6.45) is 0. The average Bonchev–Trinajstić information content (AvgIpc) is 3.33. The van der Waals surface area contributed by atoms with Gasteiger partial charge in [-0.15, -0.1) is 11.3 Å². The summed E-state index contributed by atoms with van der Waals surface area (Å²) in [5.74, 6) is 0.471. The molecule has 8 nitrogen and oxygen atoms in total. The number of aromatic nitrogens is 3. The number of rotatable bonds is 6. The number of nitrogens with zero attached hydrogens (tertiary/aromatic N) is 4. The van der Waals surface area contributed by atoms with Gasteiger partial charge in [-0.25, -0.2) is 14.5 Å². The highest BCUT2D eigenvalue weighted by atomic mass is 35.5. The predicted octanol–water partition coefficient (Wildman–Crippen LogP) is 5.68. The van der Waals surface area contributed by atoms with Gasteiger partial charge < -0.3 is 5.32 Å². The van der Waals surface area contributed by atoms with E-state index in [1.54, 1.807) is 42.5 Å². The maximum absolute atomic E-state index is 13.4. The fraction of sp³-hybridized carbons (Fsp3) is 0.0417. The molecule has 10 heteroatoms. The van der Waals surface area contributed by atoms with Gasteiger partial charge in [0.15, 0.2) is 5.13 Å². The predicted molar refractivity (Wildman–Crippen MR) is 134 cm³/mol. The summed E-state index contributed by atoms with van der Waals surface area (Å²) in [5.41, 5.74) is 2.65. The second-order valence-corrected chi connectivity index (χ2v) is 8.64. The Morgan fingerprint density at radius 2 is 1.74 bits per heavy atom. The van der Waals surface area contributed by atoms with Gasteiger partial charge in [0.1, 0.15) is 5.82 Å². The van der Waals surface area contributed by atoms with E-state index in [1.165, 1.54) is 28.0 Å². The van der Waals surface area contributed by atoms with Crippen LogP contribution in [0.25, 0.3) is 27.3 Å². The molecular weight excluding hydrogens is 474 g/mol. The first kappa shape index (κ1) is 21.7. The van der Waals surface area contributed by atoms with Gasteiger partial charge in [-0.2, -0.15) is 0 Å². The normalized spacial score (nSPS) is 11.0. The number of hydrogen-bond acceptors (Lipinski definition) is 7. The van der Waals surface area contributed by atoms with Gasteiger partial charge in [0.2, 0.25) is 0 Å². The van der Waals surface area contributed by atoms with Crippen LogP contribution in [0.15, 0.2) is 83.0 Å². The molecule has 0 atom stereocenters. The molecule has 34 heavy (non-hydrogen) atoms. The molecule has 0 aliphatic rings.